The van der Waals surface area contributed by atoms with Crippen LogP contribution in [0.5, 0.6) is 11.5 Å². The van der Waals surface area contributed by atoms with E-state index in [4.69, 9.17) is 9.47 Å². The summed E-state index contributed by atoms with van der Waals surface area (Å²) in [4.78, 5) is 0. The second-order valence-corrected chi connectivity index (χ2v) is 2.61. The predicted molar refractivity (Wildman–Crippen MR) is 50.9 cm³/mol. The van der Waals surface area contributed by atoms with Crippen LogP contribution in [0.15, 0.2) is 24.3 Å². The molecule has 3 nitrogen and oxygen atoms in total. The molecule has 0 fully saturated rings. The summed E-state index contributed by atoms with van der Waals surface area (Å²) in [5, 5.41) is 0. The van der Waals surface area contributed by atoms with Gasteiger partial charge in [-0.25, -0.2) is 0 Å². The van der Waals surface area contributed by atoms with Crippen LogP contribution in [0, 0.1) is 0 Å². The fraction of sp³-hybridized carbons (Fsp3) is 0.400. The van der Waals surface area contributed by atoms with E-state index in [1.807, 2.05) is 31.2 Å². The van der Waals surface area contributed by atoms with E-state index < -0.39 is 0 Å². The third-order valence-corrected chi connectivity index (χ3v) is 1.55. The Bertz CT molecular complexity index is 233. The molecule has 0 aliphatic carbocycles. The van der Waals surface area contributed by atoms with E-state index in [1.54, 1.807) is 0 Å². The van der Waals surface area contributed by atoms with Crippen molar-refractivity contribution in [2.24, 2.45) is 0 Å². The van der Waals surface area contributed by atoms with Crippen LogP contribution in [-0.2, 0) is 0 Å². The Balaban J connectivity index is 2.48. The standard InChI is InChI=1S/C10H15NO2/c1-2-12-9-3-5-10(6-4-9)13-8-7-11/h3-6H,2,7-8,11H2,1H3/p+1. The van der Waals surface area contributed by atoms with Crippen molar-refractivity contribution in [1.29, 1.82) is 0 Å². The van der Waals surface area contributed by atoms with Crippen LogP contribution >= 0.6 is 0 Å². The smallest absolute Gasteiger partial charge is 0.137 e. The number of hydrogen-bond acceptors (Lipinski definition) is 2. The van der Waals surface area contributed by atoms with Gasteiger partial charge in [-0.3, -0.25) is 0 Å². The van der Waals surface area contributed by atoms with E-state index in [1.165, 1.54) is 0 Å². The molecule has 0 aromatic heterocycles. The van der Waals surface area contributed by atoms with Gasteiger partial charge < -0.3 is 15.2 Å². The second-order valence-electron chi connectivity index (χ2n) is 2.61. The molecule has 72 valence electrons. The molecule has 1 aromatic carbocycles. The lowest BCUT2D eigenvalue weighted by molar-refractivity contribution is -0.370. The van der Waals surface area contributed by atoms with Crippen LogP contribution in [0.25, 0.3) is 0 Å². The Kier molecular flexibility index (Phi) is 4.12. The van der Waals surface area contributed by atoms with Gasteiger partial charge in [-0.05, 0) is 31.2 Å². The van der Waals surface area contributed by atoms with Gasteiger partial charge in [0.05, 0.1) is 6.61 Å². The third-order valence-electron chi connectivity index (χ3n) is 1.55. The number of benzene rings is 1. The molecular formula is C10H16NO2+. The van der Waals surface area contributed by atoms with Gasteiger partial charge in [0.15, 0.2) is 0 Å². The van der Waals surface area contributed by atoms with Crippen molar-refractivity contribution in [3.63, 3.8) is 0 Å². The third kappa shape index (κ3) is 3.34. The molecule has 3 N–H and O–H groups in total. The largest absolute Gasteiger partial charge is 0.494 e. The first-order valence-electron chi connectivity index (χ1n) is 4.51. The van der Waals surface area contributed by atoms with Crippen molar-refractivity contribution < 1.29 is 15.2 Å². The summed E-state index contributed by atoms with van der Waals surface area (Å²) in [6.45, 7) is 4.10. The summed E-state index contributed by atoms with van der Waals surface area (Å²) >= 11 is 0. The summed E-state index contributed by atoms with van der Waals surface area (Å²) in [5.74, 6) is 1.75. The number of ether oxygens (including phenoxy) is 2. The lowest BCUT2D eigenvalue weighted by Crippen LogP contribution is -2.52. The Labute approximate surface area is 78.5 Å². The van der Waals surface area contributed by atoms with Gasteiger partial charge in [-0.1, -0.05) is 0 Å². The predicted octanol–water partition coefficient (Wildman–Crippen LogP) is 0.706. The van der Waals surface area contributed by atoms with Gasteiger partial charge in [0, 0.05) is 0 Å². The molecule has 0 bridgehead atoms. The van der Waals surface area contributed by atoms with Crippen molar-refractivity contribution >= 4 is 0 Å². The maximum atomic E-state index is 5.37. The van der Waals surface area contributed by atoms with Gasteiger partial charge in [-0.2, -0.15) is 0 Å². The van der Waals surface area contributed by atoms with Gasteiger partial charge in [0.2, 0.25) is 0 Å². The molecule has 0 spiro atoms. The number of hydrogen-bond donors (Lipinski definition) is 1. The summed E-state index contributed by atoms with van der Waals surface area (Å²) in [6, 6.07) is 7.62. The molecule has 3 heteroatoms. The van der Waals surface area contributed by atoms with Crippen molar-refractivity contribution in [3.05, 3.63) is 24.3 Å². The average Bonchev–Trinajstić information content (AvgIpc) is 2.17. The summed E-state index contributed by atoms with van der Waals surface area (Å²) in [6.07, 6.45) is 0. The first-order chi connectivity index (χ1) is 6.36. The maximum absolute atomic E-state index is 5.37. The lowest BCUT2D eigenvalue weighted by atomic mass is 10.3. The van der Waals surface area contributed by atoms with E-state index in [9.17, 15) is 0 Å². The monoisotopic (exact) mass is 182 g/mol. The SMILES string of the molecule is CCOc1ccc(OCC[NH3+])cc1. The molecule has 0 amide bonds. The molecule has 0 saturated carbocycles. The van der Waals surface area contributed by atoms with Gasteiger partial charge in [0.1, 0.15) is 24.7 Å². The minimum atomic E-state index is 0.661. The van der Waals surface area contributed by atoms with Crippen LogP contribution < -0.4 is 15.2 Å². The Morgan fingerprint density at radius 2 is 1.62 bits per heavy atom. The highest BCUT2D eigenvalue weighted by molar-refractivity contribution is 5.31. The van der Waals surface area contributed by atoms with E-state index in [-0.39, 0.29) is 0 Å². The Morgan fingerprint density at radius 3 is 2.08 bits per heavy atom. The van der Waals surface area contributed by atoms with Crippen LogP contribution in [0.4, 0.5) is 0 Å². The molecule has 0 saturated heterocycles. The van der Waals surface area contributed by atoms with Crippen LogP contribution in [0.3, 0.4) is 0 Å². The highest BCUT2D eigenvalue weighted by atomic mass is 16.5. The van der Waals surface area contributed by atoms with E-state index in [2.05, 4.69) is 5.73 Å². The Hall–Kier alpha value is -1.22. The molecule has 13 heavy (non-hydrogen) atoms. The van der Waals surface area contributed by atoms with Gasteiger partial charge in [0.25, 0.3) is 0 Å². The molecule has 0 aliphatic rings. The minimum absolute atomic E-state index is 0.661. The average molecular weight is 182 g/mol. The number of quaternary nitrogens is 1. The molecular weight excluding hydrogens is 166 g/mol. The van der Waals surface area contributed by atoms with Crippen LogP contribution in [0.1, 0.15) is 6.92 Å². The zero-order chi connectivity index (χ0) is 9.52. The van der Waals surface area contributed by atoms with E-state index >= 15 is 0 Å². The normalized spacial score (nSPS) is 9.69. The topological polar surface area (TPSA) is 46.1 Å². The lowest BCUT2D eigenvalue weighted by Gasteiger charge is -2.05. The van der Waals surface area contributed by atoms with Crippen molar-refractivity contribution in [1.82, 2.24) is 0 Å². The fourth-order valence-corrected chi connectivity index (χ4v) is 0.989. The zero-order valence-electron chi connectivity index (χ0n) is 7.95. The molecule has 1 rings (SSSR count). The van der Waals surface area contributed by atoms with E-state index in [0.717, 1.165) is 18.0 Å². The highest BCUT2D eigenvalue weighted by Crippen LogP contribution is 2.16. The van der Waals surface area contributed by atoms with E-state index in [0.29, 0.717) is 13.2 Å². The maximum Gasteiger partial charge on any atom is 0.137 e. The number of rotatable bonds is 5. The van der Waals surface area contributed by atoms with Crippen molar-refractivity contribution in [3.8, 4) is 11.5 Å². The van der Waals surface area contributed by atoms with Crippen LogP contribution in [0.2, 0.25) is 0 Å². The summed E-state index contributed by atoms with van der Waals surface area (Å²) in [5.41, 5.74) is 3.70. The molecule has 0 atom stereocenters. The molecule has 0 aliphatic heterocycles. The first kappa shape index (κ1) is 9.86. The summed E-state index contributed by atoms with van der Waals surface area (Å²) in [7, 11) is 0. The molecule has 0 heterocycles. The van der Waals surface area contributed by atoms with Gasteiger partial charge in [-0.15, -0.1) is 0 Å². The molecule has 0 unspecified atom stereocenters. The molecule has 1 aromatic rings. The fourth-order valence-electron chi connectivity index (χ4n) is 0.989. The zero-order valence-corrected chi connectivity index (χ0v) is 7.95. The summed E-state index contributed by atoms with van der Waals surface area (Å²) < 4.78 is 10.7. The molecule has 0 radical (unpaired) electrons. The van der Waals surface area contributed by atoms with Crippen molar-refractivity contribution in [2.45, 2.75) is 6.92 Å². The second kappa shape index (κ2) is 5.43. The van der Waals surface area contributed by atoms with Gasteiger partial charge >= 0.3 is 0 Å². The highest BCUT2D eigenvalue weighted by Gasteiger charge is 1.94. The minimum Gasteiger partial charge on any atom is -0.494 e. The quantitative estimate of drug-likeness (QED) is 0.728. The first-order valence-corrected chi connectivity index (χ1v) is 4.51. The van der Waals surface area contributed by atoms with Crippen molar-refractivity contribution in [2.75, 3.05) is 19.8 Å². The van der Waals surface area contributed by atoms with Crippen LogP contribution in [-0.4, -0.2) is 19.8 Å². The Morgan fingerprint density at radius 1 is 1.08 bits per heavy atom.